The van der Waals surface area contributed by atoms with Gasteiger partial charge in [0, 0.05) is 19.2 Å². The van der Waals surface area contributed by atoms with Crippen molar-refractivity contribution in [2.75, 3.05) is 13.1 Å². The van der Waals surface area contributed by atoms with Gasteiger partial charge in [0.15, 0.2) is 12.3 Å². The Balaban J connectivity index is 1.62. The highest BCUT2D eigenvalue weighted by Crippen LogP contribution is 2.26. The lowest BCUT2D eigenvalue weighted by molar-refractivity contribution is 0.0756. The van der Waals surface area contributed by atoms with E-state index in [-0.39, 0.29) is 12.5 Å². The Morgan fingerprint density at radius 1 is 1.31 bits per heavy atom. The Kier molecular flexibility index (Phi) is 5.88. The summed E-state index contributed by atoms with van der Waals surface area (Å²) in [6.07, 6.45) is 3.43. The molecule has 0 spiro atoms. The van der Waals surface area contributed by atoms with Gasteiger partial charge in [0.2, 0.25) is 5.89 Å². The molecule has 3 rings (SSSR count). The van der Waals surface area contributed by atoms with Crippen LogP contribution in [0.25, 0.3) is 10.2 Å². The lowest BCUT2D eigenvalue weighted by atomic mass is 10.3. The summed E-state index contributed by atoms with van der Waals surface area (Å²) in [5, 5.41) is 1.02. The van der Waals surface area contributed by atoms with E-state index in [1.807, 2.05) is 32.0 Å². The van der Waals surface area contributed by atoms with Crippen molar-refractivity contribution in [2.45, 2.75) is 40.2 Å². The number of thiazole rings is 1. The summed E-state index contributed by atoms with van der Waals surface area (Å²) in [7, 11) is 0. The smallest absolute Gasteiger partial charge is 0.275 e. The quantitative estimate of drug-likeness (QED) is 0.584. The van der Waals surface area contributed by atoms with Crippen molar-refractivity contribution in [3.8, 4) is 5.75 Å². The van der Waals surface area contributed by atoms with E-state index in [0.717, 1.165) is 34.6 Å². The molecule has 2 aromatic heterocycles. The molecule has 0 unspecified atom stereocenters. The van der Waals surface area contributed by atoms with Gasteiger partial charge in [-0.05, 0) is 32.4 Å². The van der Waals surface area contributed by atoms with E-state index in [4.69, 9.17) is 9.15 Å². The summed E-state index contributed by atoms with van der Waals surface area (Å²) in [6, 6.07) is 5.79. The summed E-state index contributed by atoms with van der Waals surface area (Å²) in [4.78, 5) is 23.0. The van der Waals surface area contributed by atoms with Crippen molar-refractivity contribution >= 4 is 27.5 Å². The van der Waals surface area contributed by atoms with E-state index >= 15 is 0 Å². The minimum absolute atomic E-state index is 0.102. The molecule has 6 nitrogen and oxygen atoms in total. The van der Waals surface area contributed by atoms with Crippen molar-refractivity contribution in [1.82, 2.24) is 14.9 Å². The van der Waals surface area contributed by atoms with Crippen molar-refractivity contribution in [3.63, 3.8) is 0 Å². The number of ether oxygens (including phenoxy) is 1. The van der Waals surface area contributed by atoms with E-state index in [9.17, 15) is 4.79 Å². The van der Waals surface area contributed by atoms with Gasteiger partial charge in [0.25, 0.3) is 5.91 Å². The molecule has 1 amide bonds. The zero-order valence-corrected chi connectivity index (χ0v) is 16.1. The summed E-state index contributed by atoms with van der Waals surface area (Å²) < 4.78 is 12.3. The van der Waals surface area contributed by atoms with E-state index in [1.165, 1.54) is 6.26 Å². The molecule has 0 aliphatic heterocycles. The van der Waals surface area contributed by atoms with Crippen LogP contribution in [0.4, 0.5) is 0 Å². The van der Waals surface area contributed by atoms with Crippen LogP contribution < -0.4 is 4.74 Å². The molecule has 1 aromatic carbocycles. The Bertz CT molecular complexity index is 887. The van der Waals surface area contributed by atoms with Crippen LogP contribution in [0.15, 0.2) is 28.9 Å². The standard InChI is InChI=1S/C19H23N3O3S/c1-4-6-9-22(5-2)19(23)16-11-25-18(21-16)12-24-14-7-8-17-15(10-14)20-13(3)26-17/h7-8,10-11H,4-6,9,12H2,1-3H3. The summed E-state index contributed by atoms with van der Waals surface area (Å²) in [6.45, 7) is 7.62. The molecule has 2 heterocycles. The van der Waals surface area contributed by atoms with Crippen LogP contribution in [0.1, 0.15) is 48.1 Å². The summed E-state index contributed by atoms with van der Waals surface area (Å²) in [5.41, 5.74) is 1.25. The van der Waals surface area contributed by atoms with Gasteiger partial charge in [0.05, 0.1) is 15.2 Å². The predicted octanol–water partition coefficient (Wildman–Crippen LogP) is 4.43. The van der Waals surface area contributed by atoms with E-state index < -0.39 is 0 Å². The maximum absolute atomic E-state index is 12.5. The highest BCUT2D eigenvalue weighted by atomic mass is 32.1. The van der Waals surface area contributed by atoms with Crippen LogP contribution >= 0.6 is 11.3 Å². The van der Waals surface area contributed by atoms with Crippen LogP contribution in [0, 0.1) is 6.92 Å². The van der Waals surface area contributed by atoms with Crippen molar-refractivity contribution < 1.29 is 13.9 Å². The third kappa shape index (κ3) is 4.22. The number of carbonyl (C=O) groups is 1. The fourth-order valence-corrected chi connectivity index (χ4v) is 3.45. The van der Waals surface area contributed by atoms with Crippen LogP contribution in [-0.2, 0) is 6.61 Å². The molecule has 0 saturated carbocycles. The zero-order valence-electron chi connectivity index (χ0n) is 15.3. The van der Waals surface area contributed by atoms with Gasteiger partial charge in [-0.1, -0.05) is 13.3 Å². The number of aromatic nitrogens is 2. The highest BCUT2D eigenvalue weighted by molar-refractivity contribution is 7.18. The van der Waals surface area contributed by atoms with Crippen LogP contribution in [0.3, 0.4) is 0 Å². The molecule has 0 radical (unpaired) electrons. The lowest BCUT2D eigenvalue weighted by Gasteiger charge is -2.18. The Morgan fingerprint density at radius 3 is 2.92 bits per heavy atom. The topological polar surface area (TPSA) is 68.5 Å². The average Bonchev–Trinajstić information content (AvgIpc) is 3.25. The molecule has 3 aromatic rings. The molecule has 0 atom stereocenters. The van der Waals surface area contributed by atoms with Gasteiger partial charge in [0.1, 0.15) is 12.0 Å². The first-order valence-electron chi connectivity index (χ1n) is 8.84. The number of hydrogen-bond acceptors (Lipinski definition) is 6. The minimum atomic E-state index is -0.102. The number of fused-ring (bicyclic) bond motifs is 1. The largest absolute Gasteiger partial charge is 0.484 e. The predicted molar refractivity (Wildman–Crippen MR) is 102 cm³/mol. The lowest BCUT2D eigenvalue weighted by Crippen LogP contribution is -2.32. The SMILES string of the molecule is CCCCN(CC)C(=O)c1coc(COc2ccc3sc(C)nc3c2)n1. The number of aryl methyl sites for hydroxylation is 1. The van der Waals surface area contributed by atoms with Crippen LogP contribution in [-0.4, -0.2) is 33.9 Å². The summed E-state index contributed by atoms with van der Waals surface area (Å²) >= 11 is 1.65. The van der Waals surface area contributed by atoms with Gasteiger partial charge in [-0.2, -0.15) is 0 Å². The molecular weight excluding hydrogens is 350 g/mol. The highest BCUT2D eigenvalue weighted by Gasteiger charge is 2.18. The number of rotatable bonds is 8. The molecule has 0 N–H and O–H groups in total. The Hall–Kier alpha value is -2.41. The first-order chi connectivity index (χ1) is 12.6. The first kappa shape index (κ1) is 18.4. The Morgan fingerprint density at radius 2 is 2.15 bits per heavy atom. The third-order valence-corrected chi connectivity index (χ3v) is 5.00. The number of oxazole rings is 1. The molecule has 0 fully saturated rings. The molecule has 0 aliphatic carbocycles. The van der Waals surface area contributed by atoms with Crippen molar-refractivity contribution in [2.24, 2.45) is 0 Å². The number of carbonyl (C=O) groups excluding carboxylic acids is 1. The van der Waals surface area contributed by atoms with Crippen LogP contribution in [0.2, 0.25) is 0 Å². The van der Waals surface area contributed by atoms with E-state index in [0.29, 0.717) is 23.9 Å². The average molecular weight is 373 g/mol. The zero-order chi connectivity index (χ0) is 18.5. The van der Waals surface area contributed by atoms with Gasteiger partial charge in [-0.15, -0.1) is 11.3 Å². The maximum Gasteiger partial charge on any atom is 0.275 e. The number of amides is 1. The second kappa shape index (κ2) is 8.31. The molecule has 0 saturated heterocycles. The molecular formula is C19H23N3O3S. The van der Waals surface area contributed by atoms with Gasteiger partial charge in [-0.3, -0.25) is 4.79 Å². The number of benzene rings is 1. The second-order valence-corrected chi connectivity index (χ2v) is 7.25. The van der Waals surface area contributed by atoms with E-state index in [2.05, 4.69) is 16.9 Å². The number of unbranched alkanes of at least 4 members (excludes halogenated alkanes) is 1. The Labute approximate surface area is 156 Å². The molecule has 138 valence electrons. The first-order valence-corrected chi connectivity index (χ1v) is 9.66. The minimum Gasteiger partial charge on any atom is -0.484 e. The molecule has 26 heavy (non-hydrogen) atoms. The van der Waals surface area contributed by atoms with Crippen molar-refractivity contribution in [1.29, 1.82) is 0 Å². The number of nitrogens with zero attached hydrogens (tertiary/aromatic N) is 3. The number of hydrogen-bond donors (Lipinski definition) is 0. The van der Waals surface area contributed by atoms with Gasteiger partial charge >= 0.3 is 0 Å². The fraction of sp³-hybridized carbons (Fsp3) is 0.421. The second-order valence-electron chi connectivity index (χ2n) is 6.02. The fourth-order valence-electron chi connectivity index (χ4n) is 2.65. The normalized spacial score (nSPS) is 11.0. The monoisotopic (exact) mass is 373 g/mol. The van der Waals surface area contributed by atoms with Crippen LogP contribution in [0.5, 0.6) is 5.75 Å². The third-order valence-electron chi connectivity index (χ3n) is 4.05. The summed E-state index contributed by atoms with van der Waals surface area (Å²) in [5.74, 6) is 0.983. The van der Waals surface area contributed by atoms with E-state index in [1.54, 1.807) is 16.2 Å². The van der Waals surface area contributed by atoms with Crippen molar-refractivity contribution in [3.05, 3.63) is 41.1 Å². The van der Waals surface area contributed by atoms with Gasteiger partial charge in [-0.25, -0.2) is 9.97 Å². The van der Waals surface area contributed by atoms with Gasteiger partial charge < -0.3 is 14.1 Å². The molecule has 7 heteroatoms. The molecule has 0 aliphatic rings. The maximum atomic E-state index is 12.5. The molecule has 0 bridgehead atoms.